The highest BCUT2D eigenvalue weighted by atomic mass is 16.5. The van der Waals surface area contributed by atoms with Crippen molar-refractivity contribution in [1.29, 1.82) is 0 Å². The van der Waals surface area contributed by atoms with Crippen LogP contribution in [0.15, 0.2) is 30.5 Å². The van der Waals surface area contributed by atoms with Crippen LogP contribution in [0.5, 0.6) is 5.75 Å². The number of aliphatic hydroxyl groups excluding tert-OH is 1. The number of carboxylic acid groups (broad SMARTS) is 1. The van der Waals surface area contributed by atoms with Gasteiger partial charge in [0.25, 0.3) is 0 Å². The van der Waals surface area contributed by atoms with E-state index in [1.54, 1.807) is 7.11 Å². The molecule has 26 heavy (non-hydrogen) atoms. The van der Waals surface area contributed by atoms with E-state index in [0.717, 1.165) is 30.7 Å². The number of ether oxygens (including phenoxy) is 1. The molecule has 3 N–H and O–H groups in total. The summed E-state index contributed by atoms with van der Waals surface area (Å²) in [7, 11) is 1.60. The van der Waals surface area contributed by atoms with Gasteiger partial charge in [0.15, 0.2) is 0 Å². The van der Waals surface area contributed by atoms with E-state index in [4.69, 9.17) is 4.74 Å². The highest BCUT2D eigenvalue weighted by molar-refractivity contribution is 5.93. The van der Waals surface area contributed by atoms with Gasteiger partial charge in [-0.3, -0.25) is 0 Å². The van der Waals surface area contributed by atoms with Gasteiger partial charge in [-0.2, -0.15) is 4.98 Å². The van der Waals surface area contributed by atoms with Crippen molar-refractivity contribution in [2.45, 2.75) is 25.4 Å². The Morgan fingerprint density at radius 3 is 2.81 bits per heavy atom. The zero-order chi connectivity index (χ0) is 18.5. The van der Waals surface area contributed by atoms with Crippen LogP contribution in [-0.2, 0) is 6.54 Å². The van der Waals surface area contributed by atoms with Crippen molar-refractivity contribution < 1.29 is 19.7 Å². The zero-order valence-electron chi connectivity index (χ0n) is 14.6. The van der Waals surface area contributed by atoms with Crippen LogP contribution in [0.4, 0.5) is 11.8 Å². The lowest BCUT2D eigenvalue weighted by atomic mass is 10.2. The van der Waals surface area contributed by atoms with Gasteiger partial charge in [0.1, 0.15) is 17.1 Å². The lowest BCUT2D eigenvalue weighted by Gasteiger charge is -2.23. The number of carbonyl (C=O) groups is 1. The number of aromatic nitrogens is 2. The van der Waals surface area contributed by atoms with Gasteiger partial charge >= 0.3 is 5.97 Å². The molecule has 1 aromatic carbocycles. The number of nitrogens with zero attached hydrogens (tertiary/aromatic N) is 3. The number of aromatic carboxylic acids is 1. The molecule has 1 fully saturated rings. The summed E-state index contributed by atoms with van der Waals surface area (Å²) in [6.07, 6.45) is 3.13. The number of benzene rings is 1. The molecule has 0 aliphatic carbocycles. The maximum absolute atomic E-state index is 11.5. The van der Waals surface area contributed by atoms with Crippen molar-refractivity contribution in [3.63, 3.8) is 0 Å². The summed E-state index contributed by atoms with van der Waals surface area (Å²) in [5, 5.41) is 22.0. The van der Waals surface area contributed by atoms with E-state index in [0.29, 0.717) is 12.5 Å². The van der Waals surface area contributed by atoms with Gasteiger partial charge in [-0.15, -0.1) is 0 Å². The molecular weight excluding hydrogens is 336 g/mol. The molecule has 138 valence electrons. The minimum absolute atomic E-state index is 0.0157. The molecule has 2 heterocycles. The van der Waals surface area contributed by atoms with Crippen LogP contribution in [0, 0.1) is 0 Å². The first kappa shape index (κ1) is 17.9. The Balaban J connectivity index is 1.81. The number of nitrogens with one attached hydrogen (secondary N) is 1. The number of carboxylic acids is 1. The normalized spacial score (nSPS) is 16.5. The fourth-order valence-corrected chi connectivity index (χ4v) is 3.02. The highest BCUT2D eigenvalue weighted by Crippen LogP contribution is 2.24. The minimum atomic E-state index is -1.09. The molecule has 2 aromatic rings. The summed E-state index contributed by atoms with van der Waals surface area (Å²) in [5.41, 5.74) is 0.985. The Labute approximate surface area is 151 Å². The Hall–Kier alpha value is -2.87. The zero-order valence-corrected chi connectivity index (χ0v) is 14.6. The van der Waals surface area contributed by atoms with Gasteiger partial charge in [-0.1, -0.05) is 12.1 Å². The fraction of sp³-hybridized carbons (Fsp3) is 0.389. The summed E-state index contributed by atoms with van der Waals surface area (Å²) >= 11 is 0. The number of rotatable bonds is 7. The average Bonchev–Trinajstić information content (AvgIpc) is 3.15. The largest absolute Gasteiger partial charge is 0.497 e. The van der Waals surface area contributed by atoms with E-state index in [2.05, 4.69) is 15.3 Å². The maximum Gasteiger partial charge on any atom is 0.341 e. The summed E-state index contributed by atoms with van der Waals surface area (Å²) in [4.78, 5) is 22.0. The predicted molar refractivity (Wildman–Crippen MR) is 96.8 cm³/mol. The van der Waals surface area contributed by atoms with Crippen molar-refractivity contribution in [3.05, 3.63) is 41.6 Å². The molecule has 1 aliphatic heterocycles. The summed E-state index contributed by atoms with van der Waals surface area (Å²) in [6.45, 7) is 1.19. The number of aliphatic hydroxyl groups is 1. The first-order chi connectivity index (χ1) is 12.6. The second-order valence-corrected chi connectivity index (χ2v) is 6.11. The Morgan fingerprint density at radius 1 is 1.38 bits per heavy atom. The first-order valence-electron chi connectivity index (χ1n) is 8.47. The van der Waals surface area contributed by atoms with Crippen molar-refractivity contribution >= 4 is 17.7 Å². The van der Waals surface area contributed by atoms with Gasteiger partial charge in [-0.05, 0) is 30.5 Å². The first-order valence-corrected chi connectivity index (χ1v) is 8.47. The van der Waals surface area contributed by atoms with Crippen LogP contribution < -0.4 is 15.0 Å². The molecular formula is C18H22N4O4. The van der Waals surface area contributed by atoms with E-state index >= 15 is 0 Å². The van der Waals surface area contributed by atoms with E-state index < -0.39 is 5.97 Å². The second kappa shape index (κ2) is 8.01. The molecule has 0 spiro atoms. The topological polar surface area (TPSA) is 108 Å². The molecule has 0 unspecified atom stereocenters. The summed E-state index contributed by atoms with van der Waals surface area (Å²) in [5.74, 6) is 0.368. The maximum atomic E-state index is 11.5. The van der Waals surface area contributed by atoms with Crippen LogP contribution in [0.3, 0.4) is 0 Å². The predicted octanol–water partition coefficient (Wildman–Crippen LogP) is 1.76. The third kappa shape index (κ3) is 3.85. The number of anilines is 2. The monoisotopic (exact) mass is 358 g/mol. The molecule has 8 nitrogen and oxygen atoms in total. The van der Waals surface area contributed by atoms with Crippen LogP contribution in [0.2, 0.25) is 0 Å². The molecule has 1 atom stereocenters. The Bertz CT molecular complexity index is 766. The third-order valence-corrected chi connectivity index (χ3v) is 4.47. The van der Waals surface area contributed by atoms with Crippen molar-refractivity contribution in [2.75, 3.05) is 30.5 Å². The van der Waals surface area contributed by atoms with Crippen LogP contribution in [0.1, 0.15) is 28.8 Å². The molecule has 1 aromatic heterocycles. The lowest BCUT2D eigenvalue weighted by molar-refractivity contribution is 0.0697. The van der Waals surface area contributed by atoms with Crippen molar-refractivity contribution in [3.8, 4) is 5.75 Å². The number of hydrogen-bond acceptors (Lipinski definition) is 7. The SMILES string of the molecule is COc1ccc(CNc2nc(N3CCC[C@@H]3CO)ncc2C(=O)O)cc1. The molecule has 3 rings (SSSR count). The van der Waals surface area contributed by atoms with Gasteiger partial charge in [0, 0.05) is 19.3 Å². The summed E-state index contributed by atoms with van der Waals surface area (Å²) < 4.78 is 5.13. The number of methoxy groups -OCH3 is 1. The molecule has 0 bridgehead atoms. The quantitative estimate of drug-likeness (QED) is 0.687. The second-order valence-electron chi connectivity index (χ2n) is 6.11. The number of hydrogen-bond donors (Lipinski definition) is 3. The van der Waals surface area contributed by atoms with E-state index in [1.165, 1.54) is 6.20 Å². The highest BCUT2D eigenvalue weighted by Gasteiger charge is 2.27. The molecule has 0 saturated carbocycles. The van der Waals surface area contributed by atoms with Crippen molar-refractivity contribution in [2.24, 2.45) is 0 Å². The smallest absolute Gasteiger partial charge is 0.341 e. The fourth-order valence-electron chi connectivity index (χ4n) is 3.02. The van der Waals surface area contributed by atoms with Crippen molar-refractivity contribution in [1.82, 2.24) is 9.97 Å². The Morgan fingerprint density at radius 2 is 2.15 bits per heavy atom. The molecule has 1 saturated heterocycles. The van der Waals surface area contributed by atoms with Gasteiger partial charge in [0.05, 0.1) is 19.8 Å². The molecule has 1 aliphatic rings. The van der Waals surface area contributed by atoms with Crippen LogP contribution in [-0.4, -0.2) is 52.5 Å². The summed E-state index contributed by atoms with van der Waals surface area (Å²) in [6, 6.07) is 7.46. The molecule has 8 heteroatoms. The van der Waals surface area contributed by atoms with E-state index in [9.17, 15) is 15.0 Å². The van der Waals surface area contributed by atoms with Gasteiger partial charge < -0.3 is 25.2 Å². The Kier molecular flexibility index (Phi) is 5.52. The van der Waals surface area contributed by atoms with Crippen LogP contribution >= 0.6 is 0 Å². The minimum Gasteiger partial charge on any atom is -0.497 e. The van der Waals surface area contributed by atoms with E-state index in [-0.39, 0.29) is 24.0 Å². The van der Waals surface area contributed by atoms with E-state index in [1.807, 2.05) is 29.2 Å². The van der Waals surface area contributed by atoms with Crippen LogP contribution in [0.25, 0.3) is 0 Å². The standard InChI is InChI=1S/C18H22N4O4/c1-26-14-6-4-12(5-7-14)9-19-16-15(17(24)25)10-20-18(21-16)22-8-2-3-13(22)11-23/h4-7,10,13,23H,2-3,8-9,11H2,1H3,(H,24,25)(H,19,20,21)/t13-/m1/s1. The molecule has 0 radical (unpaired) electrons. The van der Waals surface area contributed by atoms with Gasteiger partial charge in [0.2, 0.25) is 5.95 Å². The average molecular weight is 358 g/mol. The van der Waals surface area contributed by atoms with Gasteiger partial charge in [-0.25, -0.2) is 9.78 Å². The lowest BCUT2D eigenvalue weighted by Crippen LogP contribution is -2.33. The third-order valence-electron chi connectivity index (χ3n) is 4.47. The molecule has 0 amide bonds.